The average molecular weight is 379 g/mol. The molecule has 3 aromatic rings. The molecule has 0 bridgehead atoms. The van der Waals surface area contributed by atoms with E-state index in [9.17, 15) is 14.9 Å². The lowest BCUT2D eigenvalue weighted by molar-refractivity contribution is -0.383. The Labute approximate surface area is 160 Å². The highest BCUT2D eigenvalue weighted by Crippen LogP contribution is 2.32. The van der Waals surface area contributed by atoms with Crippen molar-refractivity contribution in [1.82, 2.24) is 20.4 Å². The molecule has 0 saturated heterocycles. The maximum Gasteiger partial charge on any atom is 0.355 e. The Morgan fingerprint density at radius 2 is 1.89 bits per heavy atom. The number of nitrogens with zero attached hydrogens (tertiary/aromatic N) is 4. The van der Waals surface area contributed by atoms with Crippen molar-refractivity contribution < 1.29 is 9.72 Å². The first kappa shape index (κ1) is 18.7. The van der Waals surface area contributed by atoms with E-state index in [2.05, 4.69) is 31.1 Å². The summed E-state index contributed by atoms with van der Waals surface area (Å²) in [5.74, 6) is -0.651. The van der Waals surface area contributed by atoms with E-state index in [1.807, 2.05) is 26.0 Å². The molecule has 0 fully saturated rings. The van der Waals surface area contributed by atoms with Gasteiger partial charge in [-0.3, -0.25) is 30.7 Å². The third-order valence-corrected chi connectivity index (χ3v) is 4.08. The van der Waals surface area contributed by atoms with Gasteiger partial charge in [-0.05, 0) is 43.2 Å². The number of nitro groups is 1. The number of pyridine rings is 1. The fraction of sp³-hybridized carbons (Fsp3) is 0.111. The predicted molar refractivity (Wildman–Crippen MR) is 103 cm³/mol. The van der Waals surface area contributed by atoms with Gasteiger partial charge in [-0.1, -0.05) is 12.1 Å². The molecule has 0 aliphatic heterocycles. The monoisotopic (exact) mass is 379 g/mol. The molecule has 0 radical (unpaired) electrons. The second-order valence-corrected chi connectivity index (χ2v) is 5.87. The molecule has 28 heavy (non-hydrogen) atoms. The van der Waals surface area contributed by atoms with Crippen LogP contribution in [0.2, 0.25) is 0 Å². The maximum atomic E-state index is 12.1. The first-order chi connectivity index (χ1) is 13.5. The topological polar surface area (TPSA) is 135 Å². The zero-order chi connectivity index (χ0) is 20.1. The molecule has 1 amide bonds. The minimum Gasteiger partial charge on any atom is -0.334 e. The van der Waals surface area contributed by atoms with Crippen molar-refractivity contribution in [3.05, 3.63) is 75.9 Å². The van der Waals surface area contributed by atoms with Gasteiger partial charge in [0.1, 0.15) is 6.33 Å². The van der Waals surface area contributed by atoms with E-state index in [0.29, 0.717) is 11.3 Å². The molecular formula is C18H17N7O3. The summed E-state index contributed by atoms with van der Waals surface area (Å²) in [6.07, 6.45) is 4.07. The molecule has 2 aromatic heterocycles. The van der Waals surface area contributed by atoms with Crippen LogP contribution in [-0.2, 0) is 0 Å². The van der Waals surface area contributed by atoms with E-state index in [-0.39, 0.29) is 11.6 Å². The number of benzene rings is 1. The van der Waals surface area contributed by atoms with E-state index in [0.717, 1.165) is 11.1 Å². The SMILES string of the molecule is Cc1cccc(Nc2ncnc(NNC(=O)c3cccnc3)c2[N+](=O)[O-])c1C. The van der Waals surface area contributed by atoms with Gasteiger partial charge in [0.25, 0.3) is 5.91 Å². The van der Waals surface area contributed by atoms with Crippen molar-refractivity contribution in [2.75, 3.05) is 10.7 Å². The Morgan fingerprint density at radius 3 is 2.61 bits per heavy atom. The number of aryl methyl sites for hydroxylation is 1. The van der Waals surface area contributed by atoms with Crippen LogP contribution in [0.4, 0.5) is 23.0 Å². The molecule has 0 aliphatic carbocycles. The number of hydrogen-bond acceptors (Lipinski definition) is 8. The summed E-state index contributed by atoms with van der Waals surface area (Å²) in [6, 6.07) is 8.74. The van der Waals surface area contributed by atoms with Crippen LogP contribution in [0, 0.1) is 24.0 Å². The van der Waals surface area contributed by atoms with Crippen molar-refractivity contribution in [1.29, 1.82) is 0 Å². The molecule has 142 valence electrons. The molecule has 10 nitrogen and oxygen atoms in total. The zero-order valence-electron chi connectivity index (χ0n) is 15.1. The van der Waals surface area contributed by atoms with Gasteiger partial charge in [-0.15, -0.1) is 0 Å². The molecule has 0 saturated carbocycles. The number of aromatic nitrogens is 3. The van der Waals surface area contributed by atoms with Crippen molar-refractivity contribution in [2.24, 2.45) is 0 Å². The van der Waals surface area contributed by atoms with Crippen LogP contribution in [0.1, 0.15) is 21.5 Å². The van der Waals surface area contributed by atoms with Gasteiger partial charge in [-0.2, -0.15) is 0 Å². The highest BCUT2D eigenvalue weighted by molar-refractivity contribution is 5.94. The lowest BCUT2D eigenvalue weighted by Crippen LogP contribution is -2.30. The highest BCUT2D eigenvalue weighted by Gasteiger charge is 2.24. The summed E-state index contributed by atoms with van der Waals surface area (Å²) in [4.78, 5) is 34.8. The van der Waals surface area contributed by atoms with E-state index < -0.39 is 16.5 Å². The van der Waals surface area contributed by atoms with E-state index in [1.54, 1.807) is 18.2 Å². The Bertz CT molecular complexity index is 1020. The number of nitrogens with one attached hydrogen (secondary N) is 3. The fourth-order valence-electron chi connectivity index (χ4n) is 2.43. The van der Waals surface area contributed by atoms with Gasteiger partial charge in [0, 0.05) is 18.1 Å². The Kier molecular flexibility index (Phi) is 5.40. The lowest BCUT2D eigenvalue weighted by atomic mass is 10.1. The summed E-state index contributed by atoms with van der Waals surface area (Å²) in [5, 5.41) is 14.6. The van der Waals surface area contributed by atoms with Crippen LogP contribution < -0.4 is 16.2 Å². The number of hydrazine groups is 1. The van der Waals surface area contributed by atoms with Gasteiger partial charge in [0.05, 0.1) is 10.5 Å². The van der Waals surface area contributed by atoms with Gasteiger partial charge < -0.3 is 5.32 Å². The number of amides is 1. The van der Waals surface area contributed by atoms with Crippen LogP contribution in [0.5, 0.6) is 0 Å². The zero-order valence-corrected chi connectivity index (χ0v) is 15.1. The quantitative estimate of drug-likeness (QED) is 0.439. The molecular weight excluding hydrogens is 362 g/mol. The second-order valence-electron chi connectivity index (χ2n) is 5.87. The van der Waals surface area contributed by atoms with Gasteiger partial charge >= 0.3 is 5.69 Å². The summed E-state index contributed by atoms with van der Waals surface area (Å²) >= 11 is 0. The average Bonchev–Trinajstić information content (AvgIpc) is 2.70. The van der Waals surface area contributed by atoms with Gasteiger partial charge in [0.2, 0.25) is 11.6 Å². The predicted octanol–water partition coefficient (Wildman–Crippen LogP) is 2.90. The first-order valence-electron chi connectivity index (χ1n) is 8.26. The number of carbonyl (C=O) groups excluding carboxylic acids is 1. The van der Waals surface area contributed by atoms with Crippen molar-refractivity contribution in [3.8, 4) is 0 Å². The third kappa shape index (κ3) is 4.01. The standard InChI is InChI=1S/C18H17N7O3/c1-11-5-3-7-14(12(11)2)22-16-15(25(27)28)17(21-10-20-16)23-24-18(26)13-6-4-8-19-9-13/h3-10H,1-2H3,(H,24,26)(H2,20,21,22,23). The minimum atomic E-state index is -0.619. The fourth-order valence-corrected chi connectivity index (χ4v) is 2.43. The molecule has 0 spiro atoms. The number of carbonyl (C=O) groups is 1. The molecule has 3 rings (SSSR count). The van der Waals surface area contributed by atoms with Crippen LogP contribution in [0.15, 0.2) is 49.1 Å². The minimum absolute atomic E-state index is 0.00632. The Morgan fingerprint density at radius 1 is 1.11 bits per heavy atom. The van der Waals surface area contributed by atoms with Gasteiger partial charge in [0.15, 0.2) is 0 Å². The van der Waals surface area contributed by atoms with Crippen LogP contribution in [0.3, 0.4) is 0 Å². The van der Waals surface area contributed by atoms with Gasteiger partial charge in [-0.25, -0.2) is 9.97 Å². The number of hydrogen-bond donors (Lipinski definition) is 3. The molecule has 0 atom stereocenters. The summed E-state index contributed by atoms with van der Waals surface area (Å²) in [6.45, 7) is 3.84. The smallest absolute Gasteiger partial charge is 0.334 e. The highest BCUT2D eigenvalue weighted by atomic mass is 16.6. The van der Waals surface area contributed by atoms with Crippen molar-refractivity contribution in [3.63, 3.8) is 0 Å². The molecule has 0 unspecified atom stereocenters. The second kappa shape index (κ2) is 8.08. The Balaban J connectivity index is 1.86. The third-order valence-electron chi connectivity index (χ3n) is 4.08. The molecule has 0 aliphatic rings. The van der Waals surface area contributed by atoms with Crippen LogP contribution in [0.25, 0.3) is 0 Å². The van der Waals surface area contributed by atoms with Crippen molar-refractivity contribution in [2.45, 2.75) is 13.8 Å². The van der Waals surface area contributed by atoms with Crippen LogP contribution in [-0.4, -0.2) is 25.8 Å². The number of rotatable bonds is 6. The van der Waals surface area contributed by atoms with E-state index in [4.69, 9.17) is 0 Å². The largest absolute Gasteiger partial charge is 0.355 e. The summed E-state index contributed by atoms with van der Waals surface area (Å²) in [7, 11) is 0. The van der Waals surface area contributed by atoms with Crippen LogP contribution >= 0.6 is 0 Å². The normalized spacial score (nSPS) is 10.2. The van der Waals surface area contributed by atoms with E-state index in [1.165, 1.54) is 18.7 Å². The summed E-state index contributed by atoms with van der Waals surface area (Å²) in [5.41, 5.74) is 7.41. The molecule has 3 N–H and O–H groups in total. The molecule has 10 heteroatoms. The van der Waals surface area contributed by atoms with Crippen molar-refractivity contribution >= 4 is 28.9 Å². The van der Waals surface area contributed by atoms with E-state index >= 15 is 0 Å². The molecule has 1 aromatic carbocycles. The Hall–Kier alpha value is -4.08. The summed E-state index contributed by atoms with van der Waals surface area (Å²) < 4.78 is 0. The maximum absolute atomic E-state index is 12.1. The lowest BCUT2D eigenvalue weighted by Gasteiger charge is -2.13. The number of anilines is 3. The first-order valence-corrected chi connectivity index (χ1v) is 8.26. The molecule has 2 heterocycles.